The second kappa shape index (κ2) is 5.86. The predicted molar refractivity (Wildman–Crippen MR) is 64.8 cm³/mol. The highest BCUT2D eigenvalue weighted by Crippen LogP contribution is 2.25. The summed E-state index contributed by atoms with van der Waals surface area (Å²) in [7, 11) is 2.02. The lowest BCUT2D eigenvalue weighted by Crippen LogP contribution is -2.25. The number of hydrogen-bond acceptors (Lipinski definition) is 2. The van der Waals surface area contributed by atoms with Crippen LogP contribution in [0.3, 0.4) is 0 Å². The third-order valence-corrected chi connectivity index (χ3v) is 3.06. The van der Waals surface area contributed by atoms with Crippen LogP contribution in [0.1, 0.15) is 44.1 Å². The maximum Gasteiger partial charge on any atom is 0.0579 e. The van der Waals surface area contributed by atoms with Crippen LogP contribution in [-0.2, 0) is 0 Å². The Morgan fingerprint density at radius 3 is 2.40 bits per heavy atom. The molecule has 84 valence electrons. The molecule has 0 bridgehead atoms. The summed E-state index contributed by atoms with van der Waals surface area (Å²) in [4.78, 5) is 4.60. The Kier molecular flexibility index (Phi) is 4.76. The van der Waals surface area contributed by atoms with Crippen LogP contribution in [0.4, 0.5) is 0 Å². The zero-order chi connectivity index (χ0) is 11.3. The second-order valence-corrected chi connectivity index (χ2v) is 4.05. The Hall–Kier alpha value is -0.890. The molecule has 1 aromatic heterocycles. The number of nitrogens with zero attached hydrogens (tertiary/aromatic N) is 1. The first-order valence-corrected chi connectivity index (χ1v) is 5.83. The first-order chi connectivity index (χ1) is 7.22. The van der Waals surface area contributed by atoms with E-state index >= 15 is 0 Å². The quantitative estimate of drug-likeness (QED) is 0.800. The van der Waals surface area contributed by atoms with Crippen LogP contribution in [0.15, 0.2) is 18.2 Å². The molecule has 2 heteroatoms. The molecule has 0 fully saturated rings. The normalized spacial score (nSPS) is 13.1. The summed E-state index contributed by atoms with van der Waals surface area (Å²) in [6.45, 7) is 6.53. The average Bonchev–Trinajstić information content (AvgIpc) is 2.25. The van der Waals surface area contributed by atoms with Crippen LogP contribution in [0.25, 0.3) is 0 Å². The zero-order valence-electron chi connectivity index (χ0n) is 10.2. The molecule has 0 spiro atoms. The third-order valence-electron chi connectivity index (χ3n) is 3.06. The highest BCUT2D eigenvalue weighted by Gasteiger charge is 2.19. The fourth-order valence-corrected chi connectivity index (χ4v) is 2.12. The van der Waals surface area contributed by atoms with Gasteiger partial charge in [-0.2, -0.15) is 0 Å². The lowest BCUT2D eigenvalue weighted by atomic mass is 9.91. The van der Waals surface area contributed by atoms with Gasteiger partial charge in [0.15, 0.2) is 0 Å². The van der Waals surface area contributed by atoms with E-state index < -0.39 is 0 Å². The highest BCUT2D eigenvalue weighted by molar-refractivity contribution is 5.14. The Morgan fingerprint density at radius 1 is 1.27 bits per heavy atom. The largest absolute Gasteiger partial charge is 0.311 e. The number of aromatic nitrogens is 1. The standard InChI is InChI=1S/C13H22N2/c1-5-11(6-2)13(14-4)12-9-7-8-10(3)15-12/h7-9,11,13-14H,5-6H2,1-4H3. The average molecular weight is 206 g/mol. The summed E-state index contributed by atoms with van der Waals surface area (Å²) < 4.78 is 0. The second-order valence-electron chi connectivity index (χ2n) is 4.05. The molecule has 1 aromatic rings. The first-order valence-electron chi connectivity index (χ1n) is 5.83. The van der Waals surface area contributed by atoms with Crippen molar-refractivity contribution in [3.05, 3.63) is 29.6 Å². The lowest BCUT2D eigenvalue weighted by Gasteiger charge is -2.24. The Bertz CT molecular complexity index is 292. The molecule has 0 radical (unpaired) electrons. The van der Waals surface area contributed by atoms with Crippen molar-refractivity contribution in [2.45, 2.75) is 39.7 Å². The van der Waals surface area contributed by atoms with Gasteiger partial charge < -0.3 is 5.32 Å². The van der Waals surface area contributed by atoms with E-state index in [1.165, 1.54) is 18.5 Å². The number of nitrogens with one attached hydrogen (secondary N) is 1. The minimum Gasteiger partial charge on any atom is -0.311 e. The van der Waals surface area contributed by atoms with E-state index in [-0.39, 0.29) is 0 Å². The van der Waals surface area contributed by atoms with Gasteiger partial charge in [0.05, 0.1) is 11.7 Å². The van der Waals surface area contributed by atoms with Crippen LogP contribution in [0.2, 0.25) is 0 Å². The van der Waals surface area contributed by atoms with Crippen molar-refractivity contribution in [3.8, 4) is 0 Å². The van der Waals surface area contributed by atoms with Gasteiger partial charge in [0.2, 0.25) is 0 Å². The van der Waals surface area contributed by atoms with Crippen molar-refractivity contribution >= 4 is 0 Å². The van der Waals surface area contributed by atoms with Crippen molar-refractivity contribution in [1.82, 2.24) is 10.3 Å². The molecule has 0 aliphatic heterocycles. The summed E-state index contributed by atoms with van der Waals surface area (Å²) in [5.41, 5.74) is 2.27. The van der Waals surface area contributed by atoms with E-state index in [1.54, 1.807) is 0 Å². The van der Waals surface area contributed by atoms with E-state index in [4.69, 9.17) is 0 Å². The predicted octanol–water partition coefficient (Wildman–Crippen LogP) is 3.09. The molecule has 1 unspecified atom stereocenters. The molecule has 1 heterocycles. The van der Waals surface area contributed by atoms with Crippen LogP contribution in [0, 0.1) is 12.8 Å². The van der Waals surface area contributed by atoms with Gasteiger partial charge in [-0.15, -0.1) is 0 Å². The van der Waals surface area contributed by atoms with Gasteiger partial charge in [-0.3, -0.25) is 4.98 Å². The van der Waals surface area contributed by atoms with Crippen LogP contribution in [0.5, 0.6) is 0 Å². The summed E-state index contributed by atoms with van der Waals surface area (Å²) in [6.07, 6.45) is 2.38. The minimum absolute atomic E-state index is 0.389. The van der Waals surface area contributed by atoms with Crippen molar-refractivity contribution in [3.63, 3.8) is 0 Å². The maximum absolute atomic E-state index is 4.60. The van der Waals surface area contributed by atoms with E-state index in [0.717, 1.165) is 5.69 Å². The number of hydrogen-bond donors (Lipinski definition) is 1. The van der Waals surface area contributed by atoms with Gasteiger partial charge in [0, 0.05) is 5.69 Å². The minimum atomic E-state index is 0.389. The molecule has 1 atom stereocenters. The van der Waals surface area contributed by atoms with E-state index in [0.29, 0.717) is 12.0 Å². The molecular formula is C13H22N2. The molecule has 1 N–H and O–H groups in total. The molecule has 2 nitrogen and oxygen atoms in total. The Morgan fingerprint density at radius 2 is 1.93 bits per heavy atom. The summed E-state index contributed by atoms with van der Waals surface area (Å²) in [5, 5.41) is 3.38. The van der Waals surface area contributed by atoms with E-state index in [1.807, 2.05) is 20.0 Å². The van der Waals surface area contributed by atoms with Crippen molar-refractivity contribution in [2.24, 2.45) is 5.92 Å². The molecule has 15 heavy (non-hydrogen) atoms. The number of rotatable bonds is 5. The number of pyridine rings is 1. The lowest BCUT2D eigenvalue weighted by molar-refractivity contribution is 0.353. The molecule has 0 aliphatic rings. The molecule has 0 aromatic carbocycles. The van der Waals surface area contributed by atoms with Gasteiger partial charge >= 0.3 is 0 Å². The highest BCUT2D eigenvalue weighted by atomic mass is 14.9. The van der Waals surface area contributed by atoms with Crippen LogP contribution < -0.4 is 5.32 Å². The fraction of sp³-hybridized carbons (Fsp3) is 0.615. The molecule has 0 aliphatic carbocycles. The van der Waals surface area contributed by atoms with Crippen molar-refractivity contribution in [2.75, 3.05) is 7.05 Å². The molecule has 0 saturated heterocycles. The van der Waals surface area contributed by atoms with E-state index in [9.17, 15) is 0 Å². The molecule has 0 saturated carbocycles. The van der Waals surface area contributed by atoms with Gasteiger partial charge in [0.25, 0.3) is 0 Å². The Labute approximate surface area is 93.1 Å². The molecular weight excluding hydrogens is 184 g/mol. The van der Waals surface area contributed by atoms with Gasteiger partial charge in [-0.25, -0.2) is 0 Å². The van der Waals surface area contributed by atoms with Crippen LogP contribution >= 0.6 is 0 Å². The van der Waals surface area contributed by atoms with Gasteiger partial charge in [0.1, 0.15) is 0 Å². The first kappa shape index (κ1) is 12.2. The van der Waals surface area contributed by atoms with Crippen molar-refractivity contribution < 1.29 is 0 Å². The monoisotopic (exact) mass is 206 g/mol. The zero-order valence-corrected chi connectivity index (χ0v) is 10.2. The third kappa shape index (κ3) is 3.03. The smallest absolute Gasteiger partial charge is 0.0579 e. The summed E-state index contributed by atoms with van der Waals surface area (Å²) >= 11 is 0. The molecule has 0 amide bonds. The SMILES string of the molecule is CCC(CC)C(NC)c1cccc(C)n1. The van der Waals surface area contributed by atoms with Gasteiger partial charge in [-0.05, 0) is 32.0 Å². The summed E-state index contributed by atoms with van der Waals surface area (Å²) in [5.74, 6) is 0.671. The Balaban J connectivity index is 2.90. The fourth-order valence-electron chi connectivity index (χ4n) is 2.12. The van der Waals surface area contributed by atoms with Gasteiger partial charge in [-0.1, -0.05) is 32.8 Å². The maximum atomic E-state index is 4.60. The van der Waals surface area contributed by atoms with Crippen molar-refractivity contribution in [1.29, 1.82) is 0 Å². The van der Waals surface area contributed by atoms with E-state index in [2.05, 4.69) is 36.3 Å². The topological polar surface area (TPSA) is 24.9 Å². The number of aryl methyl sites for hydroxylation is 1. The molecule has 1 rings (SSSR count). The van der Waals surface area contributed by atoms with Crippen LogP contribution in [-0.4, -0.2) is 12.0 Å². The summed E-state index contributed by atoms with van der Waals surface area (Å²) in [6, 6.07) is 6.64.